The third-order valence-corrected chi connectivity index (χ3v) is 5.61. The number of fused-ring (bicyclic) bond motifs is 1. The molecule has 0 bridgehead atoms. The minimum atomic E-state index is -0.280. The Balaban J connectivity index is 1.29. The molecule has 3 aromatic rings. The number of aromatic amines is 1. The number of unbranched alkanes of at least 4 members (excludes halogenated alkanes) is 1. The van der Waals surface area contributed by atoms with Crippen LogP contribution >= 0.6 is 0 Å². The Morgan fingerprint density at radius 1 is 1.10 bits per heavy atom. The fourth-order valence-electron chi connectivity index (χ4n) is 4.14. The zero-order valence-electron chi connectivity index (χ0n) is 17.0. The number of carbonyl (C=O) groups is 1. The molecule has 0 aliphatic carbocycles. The molecule has 0 saturated carbocycles. The van der Waals surface area contributed by atoms with Gasteiger partial charge in [0.1, 0.15) is 5.75 Å². The summed E-state index contributed by atoms with van der Waals surface area (Å²) in [6, 6.07) is 16.5. The molecule has 0 atom stereocenters. The molecule has 4 rings (SSSR count). The highest BCUT2D eigenvalue weighted by atomic mass is 16.5. The van der Waals surface area contributed by atoms with Gasteiger partial charge in [0.05, 0.1) is 0 Å². The topological polar surface area (TPSA) is 45.3 Å². The van der Waals surface area contributed by atoms with Crippen molar-refractivity contribution in [3.05, 3.63) is 71.9 Å². The first-order valence-corrected chi connectivity index (χ1v) is 10.4. The van der Waals surface area contributed by atoms with E-state index in [-0.39, 0.29) is 5.97 Å². The van der Waals surface area contributed by atoms with Gasteiger partial charge < -0.3 is 9.72 Å². The molecule has 0 radical (unpaired) electrons. The Morgan fingerprint density at radius 3 is 2.72 bits per heavy atom. The summed E-state index contributed by atoms with van der Waals surface area (Å²) >= 11 is 0. The molecule has 4 heteroatoms. The highest BCUT2D eigenvalue weighted by Gasteiger charge is 2.14. The van der Waals surface area contributed by atoms with Crippen molar-refractivity contribution >= 4 is 22.4 Å². The van der Waals surface area contributed by atoms with E-state index in [1.165, 1.54) is 23.6 Å². The largest absolute Gasteiger partial charge is 0.426 e. The third-order valence-electron chi connectivity index (χ3n) is 5.61. The smallest absolute Gasteiger partial charge is 0.308 e. The summed E-state index contributed by atoms with van der Waals surface area (Å²) in [5.41, 5.74) is 5.07. The standard InChI is InChI=1S/C25H28N2O2/c1-19(28)29-24-12-7-11-23-25(24)22(18-26-23)10-5-6-15-27-16-13-21(14-17-27)20-8-3-2-4-9-20/h2-4,7-9,11-13,18,26H,5-6,10,14-17H2,1H3. The number of benzene rings is 2. The highest BCUT2D eigenvalue weighted by Crippen LogP contribution is 2.30. The van der Waals surface area contributed by atoms with Crippen molar-refractivity contribution < 1.29 is 9.53 Å². The maximum Gasteiger partial charge on any atom is 0.308 e. The van der Waals surface area contributed by atoms with Gasteiger partial charge in [0, 0.05) is 37.1 Å². The van der Waals surface area contributed by atoms with Gasteiger partial charge in [-0.2, -0.15) is 0 Å². The lowest BCUT2D eigenvalue weighted by atomic mass is 9.99. The number of nitrogens with zero attached hydrogens (tertiary/aromatic N) is 1. The third kappa shape index (κ3) is 4.77. The Labute approximate surface area is 172 Å². The first-order valence-electron chi connectivity index (χ1n) is 10.4. The molecule has 2 aromatic carbocycles. The first kappa shape index (κ1) is 19.5. The number of hydrogen-bond acceptors (Lipinski definition) is 3. The van der Waals surface area contributed by atoms with Gasteiger partial charge in [0.15, 0.2) is 0 Å². The fraction of sp³-hybridized carbons (Fsp3) is 0.320. The van der Waals surface area contributed by atoms with Crippen LogP contribution in [0.3, 0.4) is 0 Å². The van der Waals surface area contributed by atoms with E-state index in [0.29, 0.717) is 5.75 Å². The number of aryl methyl sites for hydroxylation is 1. The lowest BCUT2D eigenvalue weighted by molar-refractivity contribution is -0.131. The van der Waals surface area contributed by atoms with Crippen molar-refractivity contribution in [3.8, 4) is 5.75 Å². The number of hydrogen-bond donors (Lipinski definition) is 1. The van der Waals surface area contributed by atoms with Gasteiger partial charge in [-0.05, 0) is 61.1 Å². The summed E-state index contributed by atoms with van der Waals surface area (Å²) in [6.45, 7) is 4.73. The number of carbonyl (C=O) groups excluding carboxylic acids is 1. The van der Waals surface area contributed by atoms with E-state index in [0.717, 1.165) is 56.2 Å². The summed E-state index contributed by atoms with van der Waals surface area (Å²) in [5.74, 6) is 0.374. The summed E-state index contributed by atoms with van der Waals surface area (Å²) in [6.07, 6.45) is 8.82. The fourth-order valence-corrected chi connectivity index (χ4v) is 4.14. The zero-order chi connectivity index (χ0) is 20.1. The predicted molar refractivity (Wildman–Crippen MR) is 118 cm³/mol. The number of H-pyrrole nitrogens is 1. The molecule has 0 unspecified atom stereocenters. The van der Waals surface area contributed by atoms with Crippen molar-refractivity contribution in [3.63, 3.8) is 0 Å². The quantitative estimate of drug-likeness (QED) is 0.343. The lowest BCUT2D eigenvalue weighted by Crippen LogP contribution is -2.29. The Hall–Kier alpha value is -2.85. The molecule has 0 fully saturated rings. The second-order valence-corrected chi connectivity index (χ2v) is 7.69. The lowest BCUT2D eigenvalue weighted by Gasteiger charge is -2.26. The van der Waals surface area contributed by atoms with Gasteiger partial charge in [0.25, 0.3) is 0 Å². The van der Waals surface area contributed by atoms with Gasteiger partial charge in [-0.15, -0.1) is 0 Å². The van der Waals surface area contributed by atoms with E-state index in [1.807, 2.05) is 24.4 Å². The molecule has 1 aliphatic rings. The number of rotatable bonds is 7. The Kier molecular flexibility index (Phi) is 6.11. The second kappa shape index (κ2) is 9.10. The molecule has 1 N–H and O–H groups in total. The van der Waals surface area contributed by atoms with Crippen LogP contribution in [0.4, 0.5) is 0 Å². The Bertz CT molecular complexity index is 1000. The van der Waals surface area contributed by atoms with Gasteiger partial charge in [-0.3, -0.25) is 9.69 Å². The molecule has 29 heavy (non-hydrogen) atoms. The van der Waals surface area contributed by atoms with Crippen LogP contribution in [0, 0.1) is 0 Å². The highest BCUT2D eigenvalue weighted by molar-refractivity contribution is 5.91. The number of aromatic nitrogens is 1. The SMILES string of the molecule is CC(=O)Oc1cccc2[nH]cc(CCCCN3CC=C(c4ccccc4)CC3)c12. The zero-order valence-corrected chi connectivity index (χ0v) is 17.0. The number of ether oxygens (including phenoxy) is 1. The molecule has 0 spiro atoms. The molecule has 0 saturated heterocycles. The average molecular weight is 389 g/mol. The number of nitrogens with one attached hydrogen (secondary N) is 1. The van der Waals surface area contributed by atoms with Crippen LogP contribution < -0.4 is 4.74 Å². The molecular formula is C25H28N2O2. The first-order chi connectivity index (χ1) is 14.2. The van der Waals surface area contributed by atoms with Gasteiger partial charge in [-0.25, -0.2) is 0 Å². The van der Waals surface area contributed by atoms with Crippen molar-refractivity contribution in [1.29, 1.82) is 0 Å². The predicted octanol–water partition coefficient (Wildman–Crippen LogP) is 5.21. The van der Waals surface area contributed by atoms with E-state index >= 15 is 0 Å². The van der Waals surface area contributed by atoms with Crippen molar-refractivity contribution in [1.82, 2.24) is 9.88 Å². The van der Waals surface area contributed by atoms with Crippen molar-refractivity contribution in [2.75, 3.05) is 19.6 Å². The molecule has 4 nitrogen and oxygen atoms in total. The summed E-state index contributed by atoms with van der Waals surface area (Å²) in [7, 11) is 0. The van der Waals surface area contributed by atoms with E-state index in [9.17, 15) is 4.79 Å². The van der Waals surface area contributed by atoms with E-state index in [2.05, 4.69) is 46.3 Å². The van der Waals surface area contributed by atoms with Crippen LogP contribution in [-0.4, -0.2) is 35.5 Å². The normalized spacial score (nSPS) is 14.7. The summed E-state index contributed by atoms with van der Waals surface area (Å²) in [4.78, 5) is 17.2. The summed E-state index contributed by atoms with van der Waals surface area (Å²) < 4.78 is 5.40. The van der Waals surface area contributed by atoms with Crippen molar-refractivity contribution in [2.45, 2.75) is 32.6 Å². The van der Waals surface area contributed by atoms with Crippen LogP contribution in [0.2, 0.25) is 0 Å². The summed E-state index contributed by atoms with van der Waals surface area (Å²) in [5, 5.41) is 1.04. The van der Waals surface area contributed by atoms with Crippen LogP contribution in [0.1, 0.15) is 37.3 Å². The maximum absolute atomic E-state index is 11.4. The second-order valence-electron chi connectivity index (χ2n) is 7.69. The van der Waals surface area contributed by atoms with Gasteiger partial charge >= 0.3 is 5.97 Å². The minimum Gasteiger partial charge on any atom is -0.426 e. The Morgan fingerprint density at radius 2 is 1.97 bits per heavy atom. The van der Waals surface area contributed by atoms with Gasteiger partial charge in [0.2, 0.25) is 0 Å². The molecule has 150 valence electrons. The molecular weight excluding hydrogens is 360 g/mol. The monoisotopic (exact) mass is 388 g/mol. The van der Waals surface area contributed by atoms with Crippen LogP contribution in [-0.2, 0) is 11.2 Å². The van der Waals surface area contributed by atoms with Gasteiger partial charge in [-0.1, -0.05) is 42.5 Å². The molecule has 1 aromatic heterocycles. The van der Waals surface area contributed by atoms with E-state index < -0.39 is 0 Å². The van der Waals surface area contributed by atoms with Crippen LogP contribution in [0.5, 0.6) is 5.75 Å². The van der Waals surface area contributed by atoms with Crippen LogP contribution in [0.25, 0.3) is 16.5 Å². The maximum atomic E-state index is 11.4. The molecule has 2 heterocycles. The molecule has 0 amide bonds. The minimum absolute atomic E-state index is 0.280. The number of esters is 1. The molecule has 1 aliphatic heterocycles. The van der Waals surface area contributed by atoms with E-state index in [4.69, 9.17) is 4.74 Å². The van der Waals surface area contributed by atoms with E-state index in [1.54, 1.807) is 0 Å². The van der Waals surface area contributed by atoms with Crippen molar-refractivity contribution in [2.24, 2.45) is 0 Å². The van der Waals surface area contributed by atoms with Crippen LogP contribution in [0.15, 0.2) is 60.8 Å². The average Bonchev–Trinajstić information content (AvgIpc) is 3.16.